The van der Waals surface area contributed by atoms with Gasteiger partial charge in [-0.3, -0.25) is 0 Å². The molecule has 0 fully saturated rings. The van der Waals surface area contributed by atoms with Gasteiger partial charge in [0.15, 0.2) is 0 Å². The Morgan fingerprint density at radius 3 is 2.39 bits per heavy atom. The van der Waals surface area contributed by atoms with Gasteiger partial charge in [-0.25, -0.2) is 0 Å². The Morgan fingerprint density at radius 2 is 1.83 bits per heavy atom. The minimum absolute atomic E-state index is 0.434. The molecule has 0 aliphatic heterocycles. The van der Waals surface area contributed by atoms with Crippen molar-refractivity contribution in [2.45, 2.75) is 33.2 Å². The summed E-state index contributed by atoms with van der Waals surface area (Å²) in [6.07, 6.45) is 1.06. The molecule has 1 atom stereocenters. The lowest BCUT2D eigenvalue weighted by atomic mass is 9.98. The summed E-state index contributed by atoms with van der Waals surface area (Å²) in [4.78, 5) is 0. The highest BCUT2D eigenvalue weighted by molar-refractivity contribution is 7.08. The van der Waals surface area contributed by atoms with Crippen LogP contribution in [-0.4, -0.2) is 6.54 Å². The normalized spacial score (nSPS) is 12.6. The molecule has 1 unspecified atom stereocenters. The van der Waals surface area contributed by atoms with E-state index in [9.17, 15) is 0 Å². The Bertz CT molecular complexity index is 484. The maximum Gasteiger partial charge on any atom is 0.0371 e. The number of hydrogen-bond acceptors (Lipinski definition) is 2. The minimum Gasteiger partial charge on any atom is -0.310 e. The molecule has 1 aromatic heterocycles. The smallest absolute Gasteiger partial charge is 0.0371 e. The Labute approximate surface area is 114 Å². The Kier molecular flexibility index (Phi) is 4.56. The van der Waals surface area contributed by atoms with E-state index >= 15 is 0 Å². The number of benzene rings is 1. The molecule has 0 aliphatic carbocycles. The van der Waals surface area contributed by atoms with Crippen molar-refractivity contribution in [1.29, 1.82) is 0 Å². The molecular formula is C16H21NS. The van der Waals surface area contributed by atoms with Crippen LogP contribution in [-0.2, 0) is 6.42 Å². The fourth-order valence-electron chi connectivity index (χ4n) is 2.23. The van der Waals surface area contributed by atoms with Crippen LogP contribution in [0.4, 0.5) is 0 Å². The van der Waals surface area contributed by atoms with Gasteiger partial charge in [0.2, 0.25) is 0 Å². The van der Waals surface area contributed by atoms with Crippen molar-refractivity contribution in [3.8, 4) is 0 Å². The maximum absolute atomic E-state index is 3.60. The number of nitrogens with one attached hydrogen (secondary N) is 1. The number of aryl methyl sites for hydroxylation is 2. The Hall–Kier alpha value is -1.12. The second-order valence-corrected chi connectivity index (χ2v) is 5.55. The third-order valence-electron chi connectivity index (χ3n) is 3.28. The van der Waals surface area contributed by atoms with E-state index in [1.54, 1.807) is 11.3 Å². The molecule has 0 radical (unpaired) electrons. The summed E-state index contributed by atoms with van der Waals surface area (Å²) in [5.74, 6) is 0. The summed E-state index contributed by atoms with van der Waals surface area (Å²) < 4.78 is 0. The highest BCUT2D eigenvalue weighted by atomic mass is 32.1. The highest BCUT2D eigenvalue weighted by Gasteiger charge is 2.13. The molecule has 1 aromatic carbocycles. The number of rotatable bonds is 5. The third-order valence-corrected chi connectivity index (χ3v) is 4.16. The predicted octanol–water partition coefficient (Wildman–Crippen LogP) is 4.26. The van der Waals surface area contributed by atoms with Crippen LogP contribution in [0.5, 0.6) is 0 Å². The summed E-state index contributed by atoms with van der Waals surface area (Å²) in [6, 6.07) is 9.30. The van der Waals surface area contributed by atoms with Crippen LogP contribution in [0.1, 0.15) is 35.2 Å². The number of thiophene rings is 1. The molecule has 18 heavy (non-hydrogen) atoms. The maximum atomic E-state index is 3.60. The van der Waals surface area contributed by atoms with Crippen LogP contribution >= 0.6 is 11.3 Å². The fraction of sp³-hybridized carbons (Fsp3) is 0.375. The third kappa shape index (κ3) is 3.21. The zero-order valence-corrected chi connectivity index (χ0v) is 12.2. The second-order valence-electron chi connectivity index (χ2n) is 4.81. The lowest BCUT2D eigenvalue weighted by molar-refractivity contribution is 0.549. The number of hydrogen-bond donors (Lipinski definition) is 1. The number of likely N-dealkylation sites (N-methyl/N-ethyl adjacent to an activating group) is 1. The zero-order chi connectivity index (χ0) is 13.0. The summed E-state index contributed by atoms with van der Waals surface area (Å²) in [7, 11) is 0. The monoisotopic (exact) mass is 259 g/mol. The van der Waals surface area contributed by atoms with Gasteiger partial charge in [-0.05, 0) is 54.3 Å². The van der Waals surface area contributed by atoms with Crippen molar-refractivity contribution < 1.29 is 0 Å². The van der Waals surface area contributed by atoms with Crippen LogP contribution in [0.3, 0.4) is 0 Å². The van der Waals surface area contributed by atoms with Crippen molar-refractivity contribution in [1.82, 2.24) is 5.32 Å². The first-order valence-corrected chi connectivity index (χ1v) is 7.46. The van der Waals surface area contributed by atoms with Gasteiger partial charge in [-0.1, -0.05) is 36.8 Å². The van der Waals surface area contributed by atoms with Gasteiger partial charge in [0.25, 0.3) is 0 Å². The molecular weight excluding hydrogens is 238 g/mol. The molecule has 2 rings (SSSR count). The van der Waals surface area contributed by atoms with E-state index in [0.717, 1.165) is 13.0 Å². The molecule has 0 spiro atoms. The van der Waals surface area contributed by atoms with Crippen LogP contribution in [0.2, 0.25) is 0 Å². The van der Waals surface area contributed by atoms with Gasteiger partial charge in [0.1, 0.15) is 0 Å². The molecule has 2 heteroatoms. The lowest BCUT2D eigenvalue weighted by Gasteiger charge is -2.18. The van der Waals surface area contributed by atoms with E-state index in [1.165, 1.54) is 22.3 Å². The van der Waals surface area contributed by atoms with Gasteiger partial charge >= 0.3 is 0 Å². The lowest BCUT2D eigenvalue weighted by Crippen LogP contribution is -2.23. The first-order valence-electron chi connectivity index (χ1n) is 6.52. The van der Waals surface area contributed by atoms with Crippen LogP contribution in [0.15, 0.2) is 35.0 Å². The van der Waals surface area contributed by atoms with Gasteiger partial charge in [-0.2, -0.15) is 11.3 Å². The van der Waals surface area contributed by atoms with Gasteiger partial charge in [0.05, 0.1) is 0 Å². The molecule has 96 valence electrons. The van der Waals surface area contributed by atoms with Gasteiger partial charge < -0.3 is 5.32 Å². The van der Waals surface area contributed by atoms with Crippen LogP contribution in [0, 0.1) is 13.8 Å². The molecule has 1 heterocycles. The molecule has 0 aliphatic rings. The molecule has 0 saturated heterocycles. The first-order chi connectivity index (χ1) is 8.70. The highest BCUT2D eigenvalue weighted by Crippen LogP contribution is 2.25. The van der Waals surface area contributed by atoms with Crippen molar-refractivity contribution >= 4 is 11.3 Å². The van der Waals surface area contributed by atoms with Crippen molar-refractivity contribution in [2.75, 3.05) is 6.54 Å². The quantitative estimate of drug-likeness (QED) is 0.846. The first kappa shape index (κ1) is 13.3. The van der Waals surface area contributed by atoms with Crippen LogP contribution in [0.25, 0.3) is 0 Å². The summed E-state index contributed by atoms with van der Waals surface area (Å²) >= 11 is 1.79. The predicted molar refractivity (Wildman–Crippen MR) is 80.4 cm³/mol. The van der Waals surface area contributed by atoms with Crippen LogP contribution < -0.4 is 5.32 Å². The molecule has 0 saturated carbocycles. The SMILES string of the molecule is CCNC(Cc1ccc(C)cc1)c1cscc1C. The summed E-state index contributed by atoms with van der Waals surface area (Å²) in [6.45, 7) is 7.51. The van der Waals surface area contributed by atoms with E-state index < -0.39 is 0 Å². The van der Waals surface area contributed by atoms with E-state index in [0.29, 0.717) is 6.04 Å². The van der Waals surface area contributed by atoms with E-state index in [2.05, 4.69) is 61.1 Å². The standard InChI is InChI=1S/C16H21NS/c1-4-17-16(15-11-18-10-13(15)3)9-14-7-5-12(2)6-8-14/h5-8,10-11,16-17H,4,9H2,1-3H3. The van der Waals surface area contributed by atoms with E-state index in [4.69, 9.17) is 0 Å². The molecule has 0 amide bonds. The van der Waals surface area contributed by atoms with Crippen molar-refractivity contribution in [3.05, 3.63) is 57.3 Å². The van der Waals surface area contributed by atoms with Gasteiger partial charge in [0, 0.05) is 6.04 Å². The van der Waals surface area contributed by atoms with Gasteiger partial charge in [-0.15, -0.1) is 0 Å². The van der Waals surface area contributed by atoms with E-state index in [-0.39, 0.29) is 0 Å². The molecule has 0 bridgehead atoms. The van der Waals surface area contributed by atoms with Crippen molar-refractivity contribution in [2.24, 2.45) is 0 Å². The largest absolute Gasteiger partial charge is 0.310 e. The van der Waals surface area contributed by atoms with Crippen molar-refractivity contribution in [3.63, 3.8) is 0 Å². The molecule has 1 N–H and O–H groups in total. The molecule has 1 nitrogen and oxygen atoms in total. The Morgan fingerprint density at radius 1 is 1.11 bits per heavy atom. The topological polar surface area (TPSA) is 12.0 Å². The zero-order valence-electron chi connectivity index (χ0n) is 11.4. The Balaban J connectivity index is 2.16. The average Bonchev–Trinajstić information content (AvgIpc) is 2.78. The summed E-state index contributed by atoms with van der Waals surface area (Å²) in [5.41, 5.74) is 5.57. The minimum atomic E-state index is 0.434. The fourth-order valence-corrected chi connectivity index (χ4v) is 3.13. The van der Waals surface area contributed by atoms with E-state index in [1.807, 2.05) is 0 Å². The summed E-state index contributed by atoms with van der Waals surface area (Å²) in [5, 5.41) is 8.10. The second kappa shape index (κ2) is 6.17. The average molecular weight is 259 g/mol. The molecule has 2 aromatic rings.